The van der Waals surface area contributed by atoms with Gasteiger partial charge in [-0.05, 0) is 104 Å². The summed E-state index contributed by atoms with van der Waals surface area (Å²) in [4.78, 5) is 32.7. The minimum atomic E-state index is -1.16. The number of nitrogens with one attached hydrogen (secondary N) is 1. The van der Waals surface area contributed by atoms with E-state index >= 15 is 0 Å². The normalized spacial score (nSPS) is 17.0. The summed E-state index contributed by atoms with van der Waals surface area (Å²) >= 11 is 12.2. The molecule has 44 heavy (non-hydrogen) atoms. The predicted octanol–water partition coefficient (Wildman–Crippen LogP) is 7.20. The topological polar surface area (TPSA) is 105 Å². The molecule has 1 aliphatic rings. The van der Waals surface area contributed by atoms with Crippen molar-refractivity contribution in [2.45, 2.75) is 37.5 Å². The Labute approximate surface area is 263 Å². The fourth-order valence-electron chi connectivity index (χ4n) is 4.85. The lowest BCUT2D eigenvalue weighted by atomic mass is 9.80. The van der Waals surface area contributed by atoms with Gasteiger partial charge in [0, 0.05) is 17.7 Å². The maximum atomic E-state index is 13.1. The molecule has 2 aromatic carbocycles. The summed E-state index contributed by atoms with van der Waals surface area (Å²) in [5, 5.41) is 12.4. The van der Waals surface area contributed by atoms with Crippen molar-refractivity contribution >= 4 is 35.1 Å². The van der Waals surface area contributed by atoms with E-state index in [4.69, 9.17) is 33.2 Å². The number of nitrogens with zero attached hydrogens (tertiary/aromatic N) is 3. The van der Waals surface area contributed by atoms with Crippen LogP contribution in [0.2, 0.25) is 10.3 Å². The van der Waals surface area contributed by atoms with Crippen molar-refractivity contribution in [2.75, 3.05) is 13.7 Å². The quantitative estimate of drug-likeness (QED) is 0.177. The summed E-state index contributed by atoms with van der Waals surface area (Å²) < 4.78 is 30.9. The molecule has 0 unspecified atom stereocenters. The van der Waals surface area contributed by atoms with Crippen LogP contribution < -0.4 is 5.32 Å². The van der Waals surface area contributed by atoms with Crippen molar-refractivity contribution in [2.24, 2.45) is 0 Å². The Bertz CT molecular complexity index is 1730. The van der Waals surface area contributed by atoms with Crippen LogP contribution in [0.25, 0.3) is 22.5 Å². The first kappa shape index (κ1) is 32.5. The third kappa shape index (κ3) is 7.04. The molecule has 3 heterocycles. The Morgan fingerprint density at radius 2 is 1.50 bits per heavy atom. The fraction of sp³-hybridized carbons (Fsp3) is 0.242. The lowest BCUT2D eigenvalue weighted by Gasteiger charge is -2.25. The zero-order chi connectivity index (χ0) is 32.1. The molecule has 5 rings (SSSR count). The third-order valence-corrected chi connectivity index (χ3v) is 8.01. The number of aromatic nitrogens is 2. The fourth-order valence-corrected chi connectivity index (χ4v) is 5.27. The Morgan fingerprint density at radius 1 is 0.977 bits per heavy atom. The smallest absolute Gasteiger partial charge is 0.317 e. The van der Waals surface area contributed by atoms with Gasteiger partial charge in [0.25, 0.3) is 0 Å². The summed E-state index contributed by atoms with van der Waals surface area (Å²) in [5.74, 6) is -1.20. The molecule has 7 nitrogen and oxygen atoms in total. The molecule has 1 aliphatic heterocycles. The van der Waals surface area contributed by atoms with Gasteiger partial charge in [-0.1, -0.05) is 23.2 Å². The summed E-state index contributed by atoms with van der Waals surface area (Å²) in [5.41, 5.74) is 2.13. The molecule has 0 aliphatic carbocycles. The van der Waals surface area contributed by atoms with Crippen LogP contribution in [0.4, 0.5) is 8.78 Å². The SMILES string of the molecule is COC(=O)[C@](C)(CC#N)c1cc(Cl)nc(-c2ccc(F)cc2)c1.C[C@]1(c2cc(Cl)nc(-c3ccc(F)cc3)c2)CCNC1=O. The van der Waals surface area contributed by atoms with Gasteiger partial charge in [-0.15, -0.1) is 0 Å². The maximum absolute atomic E-state index is 13.1. The average molecular weight is 638 g/mol. The van der Waals surface area contributed by atoms with Crippen LogP contribution in [0.5, 0.6) is 0 Å². The van der Waals surface area contributed by atoms with E-state index in [1.807, 2.05) is 19.1 Å². The second-order valence-electron chi connectivity index (χ2n) is 10.6. The van der Waals surface area contributed by atoms with Crippen molar-refractivity contribution in [3.05, 3.63) is 106 Å². The van der Waals surface area contributed by atoms with Crippen LogP contribution in [-0.4, -0.2) is 35.5 Å². The monoisotopic (exact) mass is 636 g/mol. The molecule has 11 heteroatoms. The van der Waals surface area contributed by atoms with Crippen molar-refractivity contribution in [3.63, 3.8) is 0 Å². The Hall–Kier alpha value is -4.39. The Balaban J connectivity index is 0.000000201. The second kappa shape index (κ2) is 13.5. The van der Waals surface area contributed by atoms with Crippen molar-refractivity contribution < 1.29 is 23.1 Å². The van der Waals surface area contributed by atoms with Crippen LogP contribution in [-0.2, 0) is 25.2 Å². The molecule has 1 saturated heterocycles. The van der Waals surface area contributed by atoms with Crippen LogP contribution >= 0.6 is 23.2 Å². The highest BCUT2D eigenvalue weighted by Crippen LogP contribution is 2.35. The number of carbonyl (C=O) groups excluding carboxylic acids is 2. The number of carbonyl (C=O) groups is 2. The minimum absolute atomic E-state index is 0.00479. The highest BCUT2D eigenvalue weighted by atomic mass is 35.5. The molecule has 1 amide bonds. The molecule has 2 atom stereocenters. The highest BCUT2D eigenvalue weighted by Gasteiger charge is 2.40. The van der Waals surface area contributed by atoms with Gasteiger partial charge in [0.15, 0.2) is 0 Å². The zero-order valence-electron chi connectivity index (χ0n) is 24.1. The molecule has 1 fully saturated rings. The number of halogens is 4. The second-order valence-corrected chi connectivity index (χ2v) is 11.4. The number of ether oxygens (including phenoxy) is 1. The first-order valence-electron chi connectivity index (χ1n) is 13.5. The van der Waals surface area contributed by atoms with Gasteiger partial charge in [0.1, 0.15) is 27.4 Å². The number of benzene rings is 2. The highest BCUT2D eigenvalue weighted by molar-refractivity contribution is 6.30. The zero-order valence-corrected chi connectivity index (χ0v) is 25.6. The van der Waals surface area contributed by atoms with E-state index in [0.717, 1.165) is 17.5 Å². The summed E-state index contributed by atoms with van der Waals surface area (Å²) in [6.45, 7) is 4.17. The number of rotatable bonds is 6. The summed E-state index contributed by atoms with van der Waals surface area (Å²) in [6.07, 6.45) is 0.651. The molecular weight excluding hydrogens is 609 g/mol. The molecule has 4 aromatic rings. The summed E-state index contributed by atoms with van der Waals surface area (Å²) in [7, 11) is 1.27. The van der Waals surface area contributed by atoms with Gasteiger partial charge in [0.2, 0.25) is 5.91 Å². The number of nitriles is 1. The lowest BCUT2D eigenvalue weighted by Crippen LogP contribution is -2.33. The number of pyridine rings is 2. The van der Waals surface area contributed by atoms with Gasteiger partial charge in [-0.3, -0.25) is 9.59 Å². The van der Waals surface area contributed by atoms with E-state index in [1.165, 1.54) is 37.4 Å². The predicted molar refractivity (Wildman–Crippen MR) is 164 cm³/mol. The van der Waals surface area contributed by atoms with Crippen LogP contribution in [0, 0.1) is 23.0 Å². The molecule has 0 spiro atoms. The molecule has 0 radical (unpaired) electrons. The van der Waals surface area contributed by atoms with Crippen molar-refractivity contribution in [1.29, 1.82) is 5.26 Å². The third-order valence-electron chi connectivity index (χ3n) is 7.62. The van der Waals surface area contributed by atoms with Gasteiger partial charge < -0.3 is 10.1 Å². The van der Waals surface area contributed by atoms with E-state index in [9.17, 15) is 18.4 Å². The van der Waals surface area contributed by atoms with Gasteiger partial charge >= 0.3 is 5.97 Å². The Morgan fingerprint density at radius 3 is 1.98 bits per heavy atom. The summed E-state index contributed by atoms with van der Waals surface area (Å²) in [6, 6.07) is 20.6. The van der Waals surface area contributed by atoms with Crippen molar-refractivity contribution in [1.82, 2.24) is 15.3 Å². The number of amides is 1. The first-order chi connectivity index (χ1) is 20.9. The number of hydrogen-bond donors (Lipinski definition) is 1. The molecule has 0 saturated carbocycles. The van der Waals surface area contributed by atoms with E-state index in [1.54, 1.807) is 43.3 Å². The average Bonchev–Trinajstić information content (AvgIpc) is 3.35. The first-order valence-corrected chi connectivity index (χ1v) is 14.3. The standard InChI is InChI=1S/C17H14ClFN2O2.C16H14ClFN2O/c1-17(7-8-20,16(22)23-2)12-9-14(21-15(18)10-12)11-3-5-13(19)6-4-11;1-16(6-7-19-15(16)21)11-8-13(20-14(17)9-11)10-2-4-12(18)5-3-10/h3-6,9-10H,7H2,1-2H3;2-5,8-9H,6-7H2,1H3,(H,19,21)/t17-;16-/m11/s1. The molecule has 226 valence electrons. The van der Waals surface area contributed by atoms with Crippen LogP contribution in [0.1, 0.15) is 37.8 Å². The van der Waals surface area contributed by atoms with Crippen molar-refractivity contribution in [3.8, 4) is 28.6 Å². The largest absolute Gasteiger partial charge is 0.468 e. The molecule has 1 N–H and O–H groups in total. The van der Waals surface area contributed by atoms with Gasteiger partial charge in [0.05, 0.1) is 36.4 Å². The number of methoxy groups -OCH3 is 1. The molecular formula is C33H28Cl2F2N4O3. The number of esters is 1. The lowest BCUT2D eigenvalue weighted by molar-refractivity contribution is -0.146. The van der Waals surface area contributed by atoms with E-state index in [2.05, 4.69) is 15.3 Å². The number of hydrogen-bond acceptors (Lipinski definition) is 6. The van der Waals surface area contributed by atoms with Gasteiger partial charge in [-0.25, -0.2) is 18.7 Å². The molecule has 0 bridgehead atoms. The van der Waals surface area contributed by atoms with Crippen LogP contribution in [0.15, 0.2) is 72.8 Å². The minimum Gasteiger partial charge on any atom is -0.468 e. The van der Waals surface area contributed by atoms with E-state index in [-0.39, 0.29) is 29.1 Å². The molecule has 2 aromatic heterocycles. The maximum Gasteiger partial charge on any atom is 0.317 e. The van der Waals surface area contributed by atoms with E-state index in [0.29, 0.717) is 34.2 Å². The van der Waals surface area contributed by atoms with Crippen LogP contribution in [0.3, 0.4) is 0 Å². The Kier molecular flexibility index (Phi) is 9.98. The van der Waals surface area contributed by atoms with Gasteiger partial charge in [-0.2, -0.15) is 5.26 Å². The van der Waals surface area contributed by atoms with E-state index < -0.39 is 16.8 Å².